The second-order valence-electron chi connectivity index (χ2n) is 6.20. The van der Waals surface area contributed by atoms with Crippen LogP contribution in [-0.2, 0) is 20.9 Å². The number of nitro groups is 1. The van der Waals surface area contributed by atoms with Crippen molar-refractivity contribution in [3.05, 3.63) is 64.0 Å². The summed E-state index contributed by atoms with van der Waals surface area (Å²) in [5.74, 6) is -1.20. The van der Waals surface area contributed by atoms with Gasteiger partial charge in [0.15, 0.2) is 6.61 Å². The molecular weight excluding hydrogens is 364 g/mol. The molecule has 1 amide bonds. The minimum absolute atomic E-state index is 0.137. The SMILES string of the molecule is Cc1nn(CC(=O)OCC(=O)Nc2ccc3ccccc3c2)c(C)c1[N+](=O)[O-]. The average molecular weight is 382 g/mol. The first-order chi connectivity index (χ1) is 13.3. The van der Waals surface area contributed by atoms with Gasteiger partial charge in [-0.2, -0.15) is 5.10 Å². The van der Waals surface area contributed by atoms with E-state index >= 15 is 0 Å². The molecule has 144 valence electrons. The van der Waals surface area contributed by atoms with Gasteiger partial charge in [0.25, 0.3) is 5.91 Å². The maximum Gasteiger partial charge on any atom is 0.328 e. The highest BCUT2D eigenvalue weighted by molar-refractivity contribution is 5.95. The van der Waals surface area contributed by atoms with E-state index in [4.69, 9.17) is 4.74 Å². The molecular formula is C19H18N4O5. The number of carbonyl (C=O) groups is 2. The summed E-state index contributed by atoms with van der Waals surface area (Å²) >= 11 is 0. The largest absolute Gasteiger partial charge is 0.454 e. The number of esters is 1. The third-order valence-electron chi connectivity index (χ3n) is 4.20. The van der Waals surface area contributed by atoms with Crippen LogP contribution in [0.25, 0.3) is 10.8 Å². The summed E-state index contributed by atoms with van der Waals surface area (Å²) in [5.41, 5.74) is 0.917. The van der Waals surface area contributed by atoms with Gasteiger partial charge in [-0.3, -0.25) is 24.4 Å². The highest BCUT2D eigenvalue weighted by Crippen LogP contribution is 2.21. The highest BCUT2D eigenvalue weighted by atomic mass is 16.6. The lowest BCUT2D eigenvalue weighted by atomic mass is 10.1. The van der Waals surface area contributed by atoms with E-state index < -0.39 is 23.4 Å². The number of hydrogen-bond acceptors (Lipinski definition) is 6. The summed E-state index contributed by atoms with van der Waals surface area (Å²) in [4.78, 5) is 34.4. The molecule has 0 radical (unpaired) electrons. The molecule has 0 unspecified atom stereocenters. The van der Waals surface area contributed by atoms with E-state index in [1.165, 1.54) is 18.5 Å². The molecule has 1 N–H and O–H groups in total. The highest BCUT2D eigenvalue weighted by Gasteiger charge is 2.23. The van der Waals surface area contributed by atoms with Crippen molar-refractivity contribution < 1.29 is 19.2 Å². The van der Waals surface area contributed by atoms with E-state index in [0.717, 1.165) is 10.8 Å². The fraction of sp³-hybridized carbons (Fsp3) is 0.211. The fourth-order valence-corrected chi connectivity index (χ4v) is 2.88. The summed E-state index contributed by atoms with van der Waals surface area (Å²) in [7, 11) is 0. The van der Waals surface area contributed by atoms with Crippen LogP contribution in [0.2, 0.25) is 0 Å². The van der Waals surface area contributed by atoms with E-state index in [-0.39, 0.29) is 23.6 Å². The molecule has 0 spiro atoms. The number of carbonyl (C=O) groups excluding carboxylic acids is 2. The number of benzene rings is 2. The van der Waals surface area contributed by atoms with Crippen LogP contribution in [-0.4, -0.2) is 33.2 Å². The van der Waals surface area contributed by atoms with E-state index in [9.17, 15) is 19.7 Å². The summed E-state index contributed by atoms with van der Waals surface area (Å²) < 4.78 is 6.14. The quantitative estimate of drug-likeness (QED) is 0.398. The summed E-state index contributed by atoms with van der Waals surface area (Å²) in [6.07, 6.45) is 0. The second-order valence-corrected chi connectivity index (χ2v) is 6.20. The van der Waals surface area contributed by atoms with Crippen LogP contribution in [0.1, 0.15) is 11.4 Å². The van der Waals surface area contributed by atoms with Gasteiger partial charge < -0.3 is 10.1 Å². The van der Waals surface area contributed by atoms with Crippen molar-refractivity contribution in [1.82, 2.24) is 9.78 Å². The number of fused-ring (bicyclic) bond motifs is 1. The van der Waals surface area contributed by atoms with Gasteiger partial charge in [0.1, 0.15) is 17.9 Å². The normalized spacial score (nSPS) is 10.6. The number of nitrogens with zero attached hydrogens (tertiary/aromatic N) is 3. The van der Waals surface area contributed by atoms with Gasteiger partial charge in [0.05, 0.1) is 4.92 Å². The summed E-state index contributed by atoms with van der Waals surface area (Å²) in [6, 6.07) is 13.2. The molecule has 9 nitrogen and oxygen atoms in total. The van der Waals surface area contributed by atoms with Crippen molar-refractivity contribution in [3.8, 4) is 0 Å². The number of hydrogen-bond donors (Lipinski definition) is 1. The number of anilines is 1. The van der Waals surface area contributed by atoms with Gasteiger partial charge in [0, 0.05) is 5.69 Å². The third kappa shape index (κ3) is 4.14. The van der Waals surface area contributed by atoms with Crippen LogP contribution < -0.4 is 5.32 Å². The van der Waals surface area contributed by atoms with Gasteiger partial charge in [-0.05, 0) is 36.8 Å². The van der Waals surface area contributed by atoms with Crippen LogP contribution in [0, 0.1) is 24.0 Å². The topological polar surface area (TPSA) is 116 Å². The van der Waals surface area contributed by atoms with Gasteiger partial charge in [-0.15, -0.1) is 0 Å². The summed E-state index contributed by atoms with van der Waals surface area (Å²) in [6.45, 7) is 2.21. The van der Waals surface area contributed by atoms with E-state index in [1.807, 2.05) is 36.4 Å². The minimum atomic E-state index is -0.714. The molecule has 1 aromatic heterocycles. The smallest absolute Gasteiger partial charge is 0.328 e. The number of amides is 1. The third-order valence-corrected chi connectivity index (χ3v) is 4.20. The second kappa shape index (κ2) is 7.87. The molecule has 0 bridgehead atoms. The van der Waals surface area contributed by atoms with Gasteiger partial charge in [0.2, 0.25) is 0 Å². The predicted octanol–water partition coefficient (Wildman–Crippen LogP) is 2.74. The van der Waals surface area contributed by atoms with Crippen molar-refractivity contribution in [2.45, 2.75) is 20.4 Å². The van der Waals surface area contributed by atoms with Gasteiger partial charge >= 0.3 is 11.7 Å². The zero-order chi connectivity index (χ0) is 20.3. The maximum absolute atomic E-state index is 12.0. The Kier molecular flexibility index (Phi) is 5.35. The summed E-state index contributed by atoms with van der Waals surface area (Å²) in [5, 5.41) is 19.7. The Morgan fingerprint density at radius 3 is 2.57 bits per heavy atom. The molecule has 3 aromatic rings. The van der Waals surface area contributed by atoms with Crippen LogP contribution in [0.15, 0.2) is 42.5 Å². The molecule has 9 heteroatoms. The number of nitrogens with one attached hydrogen (secondary N) is 1. The number of ether oxygens (including phenoxy) is 1. The van der Waals surface area contributed by atoms with Crippen LogP contribution in [0.4, 0.5) is 11.4 Å². The predicted molar refractivity (Wildman–Crippen MR) is 102 cm³/mol. The first-order valence-electron chi connectivity index (χ1n) is 8.48. The van der Waals surface area contributed by atoms with Gasteiger partial charge in [-0.25, -0.2) is 0 Å². The van der Waals surface area contributed by atoms with E-state index in [0.29, 0.717) is 5.69 Å². The maximum atomic E-state index is 12.0. The Balaban J connectivity index is 1.56. The Bertz CT molecular complexity index is 1070. The molecule has 0 saturated heterocycles. The van der Waals surface area contributed by atoms with Crippen LogP contribution in [0.3, 0.4) is 0 Å². The monoisotopic (exact) mass is 382 g/mol. The lowest BCUT2D eigenvalue weighted by molar-refractivity contribution is -0.386. The molecule has 0 aliphatic carbocycles. The van der Waals surface area contributed by atoms with Crippen molar-refractivity contribution in [3.63, 3.8) is 0 Å². The molecule has 0 saturated carbocycles. The Morgan fingerprint density at radius 2 is 1.89 bits per heavy atom. The molecule has 0 aliphatic rings. The van der Waals surface area contributed by atoms with E-state index in [1.54, 1.807) is 6.07 Å². The molecule has 3 rings (SSSR count). The van der Waals surface area contributed by atoms with Crippen molar-refractivity contribution >= 4 is 34.0 Å². The Morgan fingerprint density at radius 1 is 1.18 bits per heavy atom. The van der Waals surface area contributed by atoms with Crippen molar-refractivity contribution in [2.75, 3.05) is 11.9 Å². The van der Waals surface area contributed by atoms with Gasteiger partial charge in [-0.1, -0.05) is 30.3 Å². The Hall–Kier alpha value is -3.75. The molecule has 0 fully saturated rings. The fourth-order valence-electron chi connectivity index (χ4n) is 2.88. The molecule has 2 aromatic carbocycles. The van der Waals surface area contributed by atoms with Crippen LogP contribution >= 0.6 is 0 Å². The number of rotatable bonds is 6. The first-order valence-corrected chi connectivity index (χ1v) is 8.48. The van der Waals surface area contributed by atoms with E-state index in [2.05, 4.69) is 10.4 Å². The minimum Gasteiger partial charge on any atom is -0.454 e. The van der Waals surface area contributed by atoms with Crippen LogP contribution in [0.5, 0.6) is 0 Å². The lowest BCUT2D eigenvalue weighted by Crippen LogP contribution is -2.23. The molecule has 1 heterocycles. The molecule has 28 heavy (non-hydrogen) atoms. The van der Waals surface area contributed by atoms with Crippen molar-refractivity contribution in [1.29, 1.82) is 0 Å². The van der Waals surface area contributed by atoms with Crippen molar-refractivity contribution in [2.24, 2.45) is 0 Å². The first kappa shape index (κ1) is 19.0. The average Bonchev–Trinajstić information content (AvgIpc) is 2.93. The lowest BCUT2D eigenvalue weighted by Gasteiger charge is -2.08. The standard InChI is InChI=1S/C19H18N4O5/c1-12-19(23(26)27)13(2)22(21-12)10-18(25)28-11-17(24)20-16-8-7-14-5-3-4-6-15(14)9-16/h3-9H,10-11H2,1-2H3,(H,20,24). The zero-order valence-electron chi connectivity index (χ0n) is 15.3. The Labute approximate surface area is 160 Å². The molecule has 0 atom stereocenters. The number of aromatic nitrogens is 2. The zero-order valence-corrected chi connectivity index (χ0v) is 15.3. The number of aryl methyl sites for hydroxylation is 1. The molecule has 0 aliphatic heterocycles.